The van der Waals surface area contributed by atoms with Crippen molar-refractivity contribution in [2.75, 3.05) is 13.2 Å². The van der Waals surface area contributed by atoms with Gasteiger partial charge >= 0.3 is 0 Å². The van der Waals surface area contributed by atoms with E-state index in [1.165, 1.54) is 29.7 Å². The van der Waals surface area contributed by atoms with Crippen LogP contribution in [-0.4, -0.2) is 43.3 Å². The Morgan fingerprint density at radius 3 is 2.41 bits per heavy atom. The first-order chi connectivity index (χ1) is 13.0. The molecule has 0 saturated carbocycles. The lowest BCUT2D eigenvalue weighted by Crippen LogP contribution is -2.62. The largest absolute Gasteiger partial charge is 0.457 e. The fourth-order valence-electron chi connectivity index (χ4n) is 2.75. The molecule has 144 valence electrons. The Kier molecular flexibility index (Phi) is 5.71. The topological polar surface area (TPSA) is 127 Å². The number of carbonyl (C=O) groups excluding carboxylic acids is 1. The summed E-state index contributed by atoms with van der Waals surface area (Å²) < 4.78 is 38.7. The van der Waals surface area contributed by atoms with E-state index in [4.69, 9.17) is 14.7 Å². The number of nitrogens with zero attached hydrogens (tertiary/aromatic N) is 1. The van der Waals surface area contributed by atoms with Crippen LogP contribution in [0.2, 0.25) is 0 Å². The third-order valence-electron chi connectivity index (χ3n) is 4.13. The van der Waals surface area contributed by atoms with Crippen LogP contribution in [0.4, 0.5) is 0 Å². The van der Waals surface area contributed by atoms with Crippen molar-refractivity contribution in [3.8, 4) is 11.5 Å². The monoisotopic (exact) mass is 393 g/mol. The molecule has 27 heavy (non-hydrogen) atoms. The Hall–Kier alpha value is -2.53. The minimum absolute atomic E-state index is 0.0414. The van der Waals surface area contributed by atoms with Gasteiger partial charge in [-0.1, -0.05) is 0 Å². The van der Waals surface area contributed by atoms with E-state index in [0.717, 1.165) is 0 Å². The highest BCUT2D eigenvalue weighted by molar-refractivity contribution is 7.89. The summed E-state index contributed by atoms with van der Waals surface area (Å²) in [5.41, 5.74) is -0.0425. The number of benzene rings is 1. The number of ether oxygens (including phenoxy) is 2. The lowest BCUT2D eigenvalue weighted by atomic mass is 9.93. The number of nitrogens with one attached hydrogen (secondary N) is 2. The van der Waals surface area contributed by atoms with Crippen molar-refractivity contribution >= 4 is 15.9 Å². The first kappa shape index (κ1) is 19.2. The van der Waals surface area contributed by atoms with Gasteiger partial charge in [-0.3, -0.25) is 15.0 Å². The van der Waals surface area contributed by atoms with E-state index in [1.807, 2.05) is 0 Å². The Labute approximate surface area is 156 Å². The van der Waals surface area contributed by atoms with Gasteiger partial charge in [0.25, 0.3) is 5.91 Å². The molecule has 1 aromatic carbocycles. The van der Waals surface area contributed by atoms with Gasteiger partial charge in [-0.05, 0) is 49.2 Å². The highest BCUT2D eigenvalue weighted by Gasteiger charge is 2.44. The maximum Gasteiger partial charge on any atom is 0.267 e. The smallest absolute Gasteiger partial charge is 0.267 e. The molecule has 0 radical (unpaired) electrons. The maximum atomic E-state index is 12.7. The van der Waals surface area contributed by atoms with Crippen molar-refractivity contribution in [2.45, 2.75) is 23.3 Å². The second kappa shape index (κ2) is 8.01. The van der Waals surface area contributed by atoms with E-state index < -0.39 is 21.5 Å². The zero-order valence-corrected chi connectivity index (χ0v) is 15.1. The van der Waals surface area contributed by atoms with E-state index >= 15 is 0 Å². The predicted molar refractivity (Wildman–Crippen MR) is 93.8 cm³/mol. The molecule has 3 N–H and O–H groups in total. The van der Waals surface area contributed by atoms with Crippen molar-refractivity contribution in [3.63, 3.8) is 0 Å². The van der Waals surface area contributed by atoms with Crippen molar-refractivity contribution in [1.29, 1.82) is 0 Å². The van der Waals surface area contributed by atoms with Crippen molar-refractivity contribution in [2.24, 2.45) is 0 Å². The number of rotatable bonds is 6. The number of amides is 1. The number of hydroxylamine groups is 1. The van der Waals surface area contributed by atoms with Crippen molar-refractivity contribution < 1.29 is 27.9 Å². The van der Waals surface area contributed by atoms with Gasteiger partial charge in [0.1, 0.15) is 17.0 Å². The molecule has 1 fully saturated rings. The Bertz CT molecular complexity index is 881. The molecule has 0 spiro atoms. The van der Waals surface area contributed by atoms with Crippen LogP contribution in [0.1, 0.15) is 12.8 Å². The molecular formula is C17H19N3O6S. The van der Waals surface area contributed by atoms with E-state index in [-0.39, 0.29) is 17.9 Å². The second-order valence-corrected chi connectivity index (χ2v) is 7.72. The molecule has 10 heteroatoms. The highest BCUT2D eigenvalue weighted by Crippen LogP contribution is 2.25. The van der Waals surface area contributed by atoms with Gasteiger partial charge in [0, 0.05) is 19.0 Å². The van der Waals surface area contributed by atoms with E-state index in [0.29, 0.717) is 24.5 Å². The molecule has 2 aromatic rings. The summed E-state index contributed by atoms with van der Waals surface area (Å²) in [5.74, 6) is 0.157. The summed E-state index contributed by atoms with van der Waals surface area (Å²) in [4.78, 5) is 15.9. The minimum Gasteiger partial charge on any atom is -0.457 e. The van der Waals surface area contributed by atoms with Crippen LogP contribution in [0.5, 0.6) is 11.5 Å². The van der Waals surface area contributed by atoms with Gasteiger partial charge in [-0.2, -0.15) is 4.72 Å². The zero-order chi connectivity index (χ0) is 19.3. The molecule has 9 nitrogen and oxygen atoms in total. The van der Waals surface area contributed by atoms with Crippen molar-refractivity contribution in [3.05, 3.63) is 48.8 Å². The quantitative estimate of drug-likeness (QED) is 0.497. The third-order valence-corrected chi connectivity index (χ3v) is 5.68. The van der Waals surface area contributed by atoms with E-state index in [2.05, 4.69) is 9.71 Å². The summed E-state index contributed by atoms with van der Waals surface area (Å²) in [6.07, 6.45) is 3.85. The number of hydrogen-bond acceptors (Lipinski definition) is 7. The normalized spacial score (nSPS) is 20.0. The molecule has 1 aliphatic rings. The molecule has 1 aliphatic heterocycles. The summed E-state index contributed by atoms with van der Waals surface area (Å²) >= 11 is 0. The first-order valence-corrected chi connectivity index (χ1v) is 9.68. The van der Waals surface area contributed by atoms with Crippen LogP contribution in [0, 0.1) is 0 Å². The number of pyridine rings is 1. The minimum atomic E-state index is -4.03. The summed E-state index contributed by atoms with van der Waals surface area (Å²) in [7, 11) is -4.03. The van der Waals surface area contributed by atoms with E-state index in [9.17, 15) is 13.2 Å². The Morgan fingerprint density at radius 2 is 1.81 bits per heavy atom. The number of hydrogen-bond donors (Lipinski definition) is 3. The average Bonchev–Trinajstić information content (AvgIpc) is 2.69. The van der Waals surface area contributed by atoms with Gasteiger partial charge in [0.15, 0.2) is 0 Å². The fraction of sp³-hybridized carbons (Fsp3) is 0.294. The average molecular weight is 393 g/mol. The summed E-state index contributed by atoms with van der Waals surface area (Å²) in [5, 5.41) is 8.99. The van der Waals surface area contributed by atoms with Gasteiger partial charge in [-0.25, -0.2) is 13.9 Å². The maximum absolute atomic E-state index is 12.7. The molecule has 1 unspecified atom stereocenters. The first-order valence-electron chi connectivity index (χ1n) is 8.19. The van der Waals surface area contributed by atoms with Crippen LogP contribution in [0.15, 0.2) is 53.7 Å². The van der Waals surface area contributed by atoms with Crippen LogP contribution in [-0.2, 0) is 19.6 Å². The van der Waals surface area contributed by atoms with Crippen LogP contribution >= 0.6 is 0 Å². The molecule has 2 heterocycles. The summed E-state index contributed by atoms with van der Waals surface area (Å²) in [6.45, 7) is 0.255. The number of sulfonamides is 1. The Morgan fingerprint density at radius 1 is 1.15 bits per heavy atom. The van der Waals surface area contributed by atoms with Crippen LogP contribution < -0.4 is 14.9 Å². The lowest BCUT2D eigenvalue weighted by Gasteiger charge is -2.35. The van der Waals surface area contributed by atoms with Crippen molar-refractivity contribution in [1.82, 2.24) is 15.2 Å². The molecule has 3 rings (SSSR count). The molecule has 1 amide bonds. The zero-order valence-electron chi connectivity index (χ0n) is 14.3. The van der Waals surface area contributed by atoms with Gasteiger partial charge < -0.3 is 9.47 Å². The second-order valence-electron chi connectivity index (χ2n) is 6.04. The van der Waals surface area contributed by atoms with E-state index in [1.54, 1.807) is 24.5 Å². The molecule has 1 saturated heterocycles. The third kappa shape index (κ3) is 4.42. The molecule has 1 atom stereocenters. The standard InChI is InChI=1S/C17H19N3O6S/c21-16(19-22)17(8-1-11-25-12-17)20-27(23,24)15-4-2-13(3-5-15)26-14-6-9-18-10-7-14/h2-7,9-10,20,22H,1,8,11-12H2,(H,19,21). The van der Waals surface area contributed by atoms with Gasteiger partial charge in [-0.15, -0.1) is 0 Å². The van der Waals surface area contributed by atoms with Gasteiger partial charge in [0.2, 0.25) is 10.0 Å². The van der Waals surface area contributed by atoms with Crippen LogP contribution in [0.25, 0.3) is 0 Å². The predicted octanol–water partition coefficient (Wildman–Crippen LogP) is 1.21. The number of carbonyl (C=O) groups is 1. The Balaban J connectivity index is 1.78. The highest BCUT2D eigenvalue weighted by atomic mass is 32.2. The lowest BCUT2D eigenvalue weighted by molar-refractivity contribution is -0.140. The SMILES string of the molecule is O=C(NO)C1(NS(=O)(=O)c2ccc(Oc3ccncc3)cc2)CCCOC1. The molecule has 0 aliphatic carbocycles. The molecule has 1 aromatic heterocycles. The molecular weight excluding hydrogens is 374 g/mol. The summed E-state index contributed by atoms with van der Waals surface area (Å²) in [6, 6.07) is 9.09. The van der Waals surface area contributed by atoms with Gasteiger partial charge in [0.05, 0.1) is 11.5 Å². The number of aromatic nitrogens is 1. The fourth-order valence-corrected chi connectivity index (χ4v) is 4.13. The molecule has 0 bridgehead atoms. The van der Waals surface area contributed by atoms with Crippen LogP contribution in [0.3, 0.4) is 0 Å².